The summed E-state index contributed by atoms with van der Waals surface area (Å²) in [5.41, 5.74) is 9.19. The first-order chi connectivity index (χ1) is 9.29. The Hall–Kier alpha value is -1.96. The normalized spacial score (nSPS) is 10.4. The summed E-state index contributed by atoms with van der Waals surface area (Å²) in [4.78, 5) is 0. The molecule has 2 N–H and O–H groups in total. The Morgan fingerprint density at radius 2 is 1.79 bits per heavy atom. The van der Waals surface area contributed by atoms with Crippen LogP contribution in [0.4, 0.5) is 5.69 Å². The van der Waals surface area contributed by atoms with Crippen LogP contribution < -0.4 is 10.5 Å². The SMILES string of the molecule is CCCCc1ccc(OCc2ccccc2)c(N)c1. The van der Waals surface area contributed by atoms with Gasteiger partial charge >= 0.3 is 0 Å². The second-order valence-electron chi connectivity index (χ2n) is 4.75. The number of nitrogen functional groups attached to an aromatic ring is 1. The van der Waals surface area contributed by atoms with Crippen LogP contribution >= 0.6 is 0 Å². The van der Waals surface area contributed by atoms with Gasteiger partial charge in [-0.3, -0.25) is 0 Å². The molecule has 0 aliphatic carbocycles. The maximum Gasteiger partial charge on any atom is 0.142 e. The summed E-state index contributed by atoms with van der Waals surface area (Å²) in [6, 6.07) is 16.2. The van der Waals surface area contributed by atoms with Gasteiger partial charge in [-0.2, -0.15) is 0 Å². The molecule has 2 rings (SSSR count). The fraction of sp³-hybridized carbons (Fsp3) is 0.294. The number of aryl methyl sites for hydroxylation is 1. The van der Waals surface area contributed by atoms with Gasteiger partial charge < -0.3 is 10.5 Å². The van der Waals surface area contributed by atoms with Crippen LogP contribution in [0.1, 0.15) is 30.9 Å². The first kappa shape index (κ1) is 13.5. The fourth-order valence-electron chi connectivity index (χ4n) is 2.00. The maximum absolute atomic E-state index is 6.03. The highest BCUT2D eigenvalue weighted by atomic mass is 16.5. The maximum atomic E-state index is 6.03. The lowest BCUT2D eigenvalue weighted by molar-refractivity contribution is 0.308. The molecule has 0 aliphatic rings. The van der Waals surface area contributed by atoms with Crippen LogP contribution in [-0.2, 0) is 13.0 Å². The third kappa shape index (κ3) is 4.02. The Bertz CT molecular complexity index is 508. The van der Waals surface area contributed by atoms with Crippen molar-refractivity contribution in [2.75, 3.05) is 5.73 Å². The second kappa shape index (κ2) is 6.83. The Kier molecular flexibility index (Phi) is 4.85. The summed E-state index contributed by atoms with van der Waals surface area (Å²) in [5.74, 6) is 0.768. The number of hydrogen-bond acceptors (Lipinski definition) is 2. The third-order valence-electron chi connectivity index (χ3n) is 3.13. The first-order valence-electron chi connectivity index (χ1n) is 6.84. The average molecular weight is 255 g/mol. The topological polar surface area (TPSA) is 35.2 Å². The van der Waals surface area contributed by atoms with Gasteiger partial charge in [0.15, 0.2) is 0 Å². The first-order valence-corrected chi connectivity index (χ1v) is 6.84. The van der Waals surface area contributed by atoms with Crippen molar-refractivity contribution in [3.63, 3.8) is 0 Å². The van der Waals surface area contributed by atoms with Crippen molar-refractivity contribution >= 4 is 5.69 Å². The van der Waals surface area contributed by atoms with E-state index in [-0.39, 0.29) is 0 Å². The lowest BCUT2D eigenvalue weighted by Gasteiger charge is -2.10. The monoisotopic (exact) mass is 255 g/mol. The molecule has 100 valence electrons. The van der Waals surface area contributed by atoms with Crippen LogP contribution in [0.25, 0.3) is 0 Å². The molecule has 19 heavy (non-hydrogen) atoms. The van der Waals surface area contributed by atoms with Crippen LogP contribution in [0.5, 0.6) is 5.75 Å². The number of nitrogens with two attached hydrogens (primary N) is 1. The molecule has 2 aromatic carbocycles. The number of ether oxygens (including phenoxy) is 1. The van der Waals surface area contributed by atoms with E-state index in [0.29, 0.717) is 6.61 Å². The third-order valence-corrected chi connectivity index (χ3v) is 3.13. The van der Waals surface area contributed by atoms with Crippen molar-refractivity contribution in [3.05, 3.63) is 59.7 Å². The van der Waals surface area contributed by atoms with Gasteiger partial charge in [-0.1, -0.05) is 49.7 Å². The molecule has 0 saturated carbocycles. The van der Waals surface area contributed by atoms with E-state index >= 15 is 0 Å². The standard InChI is InChI=1S/C17H21NO/c1-2-3-7-14-10-11-17(16(18)12-14)19-13-15-8-5-4-6-9-15/h4-6,8-12H,2-3,7,13,18H2,1H3. The van der Waals surface area contributed by atoms with E-state index < -0.39 is 0 Å². The highest BCUT2D eigenvalue weighted by molar-refractivity contribution is 5.54. The minimum absolute atomic E-state index is 0.555. The highest BCUT2D eigenvalue weighted by Crippen LogP contribution is 2.24. The second-order valence-corrected chi connectivity index (χ2v) is 4.75. The summed E-state index contributed by atoms with van der Waals surface area (Å²) >= 11 is 0. The van der Waals surface area contributed by atoms with Gasteiger partial charge in [0.05, 0.1) is 5.69 Å². The van der Waals surface area contributed by atoms with Crippen molar-refractivity contribution in [3.8, 4) is 5.75 Å². The zero-order valence-corrected chi connectivity index (χ0v) is 11.4. The number of benzene rings is 2. The number of anilines is 1. The summed E-state index contributed by atoms with van der Waals surface area (Å²) in [5, 5.41) is 0. The number of unbranched alkanes of at least 4 members (excludes halogenated alkanes) is 1. The van der Waals surface area contributed by atoms with Gasteiger partial charge in [-0.25, -0.2) is 0 Å². The average Bonchev–Trinajstić information content (AvgIpc) is 2.45. The van der Waals surface area contributed by atoms with Crippen LogP contribution in [0.2, 0.25) is 0 Å². The summed E-state index contributed by atoms with van der Waals surface area (Å²) < 4.78 is 5.76. The van der Waals surface area contributed by atoms with Gasteiger partial charge in [0.1, 0.15) is 12.4 Å². The van der Waals surface area contributed by atoms with Gasteiger partial charge in [0.25, 0.3) is 0 Å². The molecule has 0 amide bonds. The summed E-state index contributed by atoms with van der Waals surface area (Å²) in [7, 11) is 0. The minimum atomic E-state index is 0.555. The molecule has 2 heteroatoms. The molecule has 0 radical (unpaired) electrons. The molecular formula is C17H21NO. The number of rotatable bonds is 6. The van der Waals surface area contributed by atoms with Crippen molar-refractivity contribution in [2.24, 2.45) is 0 Å². The Labute approximate surface area is 115 Å². The van der Waals surface area contributed by atoms with Crippen molar-refractivity contribution in [2.45, 2.75) is 32.8 Å². The predicted molar refractivity (Wildman–Crippen MR) is 80.2 cm³/mol. The zero-order valence-electron chi connectivity index (χ0n) is 11.4. The molecule has 0 fully saturated rings. The number of hydrogen-bond donors (Lipinski definition) is 1. The van der Waals surface area contributed by atoms with Crippen molar-refractivity contribution in [1.29, 1.82) is 0 Å². The molecule has 0 saturated heterocycles. The van der Waals surface area contributed by atoms with Gasteiger partial charge in [0.2, 0.25) is 0 Å². The lowest BCUT2D eigenvalue weighted by atomic mass is 10.1. The molecule has 0 unspecified atom stereocenters. The molecule has 2 nitrogen and oxygen atoms in total. The quantitative estimate of drug-likeness (QED) is 0.785. The predicted octanol–water partition coefficient (Wildman–Crippen LogP) is 4.19. The molecule has 0 spiro atoms. The van der Waals surface area contributed by atoms with E-state index in [4.69, 9.17) is 10.5 Å². The van der Waals surface area contributed by atoms with Gasteiger partial charge in [-0.05, 0) is 36.1 Å². The molecule has 0 heterocycles. The van der Waals surface area contributed by atoms with E-state index in [1.807, 2.05) is 42.5 Å². The van der Waals surface area contributed by atoms with Gasteiger partial charge in [-0.15, -0.1) is 0 Å². The molecule has 0 atom stereocenters. The minimum Gasteiger partial charge on any atom is -0.487 e. The molecule has 0 bridgehead atoms. The molecule has 0 aliphatic heterocycles. The Morgan fingerprint density at radius 3 is 2.47 bits per heavy atom. The smallest absolute Gasteiger partial charge is 0.142 e. The van der Waals surface area contributed by atoms with Crippen LogP contribution in [0.3, 0.4) is 0 Å². The van der Waals surface area contributed by atoms with Crippen LogP contribution in [0, 0.1) is 0 Å². The van der Waals surface area contributed by atoms with E-state index in [9.17, 15) is 0 Å². The van der Waals surface area contributed by atoms with E-state index in [2.05, 4.69) is 13.0 Å². The largest absolute Gasteiger partial charge is 0.487 e. The van der Waals surface area contributed by atoms with Crippen molar-refractivity contribution in [1.82, 2.24) is 0 Å². The van der Waals surface area contributed by atoms with Crippen molar-refractivity contribution < 1.29 is 4.74 Å². The highest BCUT2D eigenvalue weighted by Gasteiger charge is 2.02. The Balaban J connectivity index is 1.97. The van der Waals surface area contributed by atoms with E-state index in [1.165, 1.54) is 18.4 Å². The van der Waals surface area contributed by atoms with Crippen LogP contribution in [0.15, 0.2) is 48.5 Å². The van der Waals surface area contributed by atoms with Gasteiger partial charge in [0, 0.05) is 0 Å². The summed E-state index contributed by atoms with van der Waals surface area (Å²) in [6.07, 6.45) is 3.48. The zero-order chi connectivity index (χ0) is 13.5. The molecular weight excluding hydrogens is 234 g/mol. The molecule has 0 aromatic heterocycles. The lowest BCUT2D eigenvalue weighted by Crippen LogP contribution is -1.99. The Morgan fingerprint density at radius 1 is 1.00 bits per heavy atom. The van der Waals surface area contributed by atoms with Crippen LogP contribution in [-0.4, -0.2) is 0 Å². The fourth-order valence-corrected chi connectivity index (χ4v) is 2.00. The van der Waals surface area contributed by atoms with E-state index in [0.717, 1.165) is 23.4 Å². The summed E-state index contributed by atoms with van der Waals surface area (Å²) in [6.45, 7) is 2.75. The van der Waals surface area contributed by atoms with E-state index in [1.54, 1.807) is 0 Å². The molecule has 2 aromatic rings.